The number of carbonyl (C=O) groups excluding carboxylic acids is 1. The van der Waals surface area contributed by atoms with E-state index in [0.717, 1.165) is 12.1 Å². The minimum absolute atomic E-state index is 0.386. The van der Waals surface area contributed by atoms with Crippen LogP contribution < -0.4 is 5.32 Å². The van der Waals surface area contributed by atoms with E-state index in [2.05, 4.69) is 5.32 Å². The van der Waals surface area contributed by atoms with Crippen LogP contribution >= 0.6 is 0 Å². The van der Waals surface area contributed by atoms with E-state index in [0.29, 0.717) is 5.56 Å². The number of rotatable bonds is 3. The Labute approximate surface area is 121 Å². The second-order valence-corrected chi connectivity index (χ2v) is 5.38. The molecular formula is C14H18F3NO3. The fraction of sp³-hybridized carbons (Fsp3) is 0.500. The fourth-order valence-electron chi connectivity index (χ4n) is 1.54. The Hall–Kier alpha value is -1.76. The van der Waals surface area contributed by atoms with Gasteiger partial charge in [0.05, 0.1) is 5.56 Å². The van der Waals surface area contributed by atoms with Crippen LogP contribution in [0.2, 0.25) is 0 Å². The molecule has 0 aliphatic heterocycles. The molecule has 0 aliphatic rings. The van der Waals surface area contributed by atoms with Gasteiger partial charge in [-0.3, -0.25) is 5.32 Å². The molecule has 0 aliphatic carbocycles. The Morgan fingerprint density at radius 2 is 1.67 bits per heavy atom. The van der Waals surface area contributed by atoms with Crippen LogP contribution in [0.3, 0.4) is 0 Å². The zero-order valence-corrected chi connectivity index (χ0v) is 12.2. The number of amides is 1. The number of alkyl halides is 3. The predicted molar refractivity (Wildman–Crippen MR) is 70.6 cm³/mol. The first-order chi connectivity index (χ1) is 9.53. The molecule has 1 N–H and O–H groups in total. The number of hydrogen-bond acceptors (Lipinski definition) is 3. The van der Waals surface area contributed by atoms with E-state index in [-0.39, 0.29) is 0 Å². The van der Waals surface area contributed by atoms with Crippen LogP contribution in [0.4, 0.5) is 18.0 Å². The third-order valence-electron chi connectivity index (χ3n) is 2.42. The lowest BCUT2D eigenvalue weighted by Crippen LogP contribution is -2.35. The van der Waals surface area contributed by atoms with E-state index < -0.39 is 29.7 Å². The van der Waals surface area contributed by atoms with Gasteiger partial charge in [0.1, 0.15) is 5.60 Å². The van der Waals surface area contributed by atoms with Crippen molar-refractivity contribution in [1.82, 2.24) is 5.32 Å². The lowest BCUT2D eigenvalue weighted by Gasteiger charge is -2.23. The first-order valence-corrected chi connectivity index (χ1v) is 6.22. The summed E-state index contributed by atoms with van der Waals surface area (Å²) in [5, 5.41) is 2.43. The SMILES string of the molecule is COC(NC(=O)OC(C)(C)C)c1ccc(C(F)(F)F)cc1. The Balaban J connectivity index is 2.79. The van der Waals surface area contributed by atoms with Gasteiger partial charge in [-0.25, -0.2) is 4.79 Å². The Morgan fingerprint density at radius 3 is 2.05 bits per heavy atom. The summed E-state index contributed by atoms with van der Waals surface area (Å²) in [6, 6.07) is 4.35. The van der Waals surface area contributed by atoms with E-state index in [1.54, 1.807) is 20.8 Å². The minimum atomic E-state index is -4.40. The maximum atomic E-state index is 12.5. The molecule has 4 nitrogen and oxygen atoms in total. The van der Waals surface area contributed by atoms with E-state index in [1.807, 2.05) is 0 Å². The molecule has 21 heavy (non-hydrogen) atoms. The molecule has 0 heterocycles. The lowest BCUT2D eigenvalue weighted by molar-refractivity contribution is -0.137. The molecule has 1 atom stereocenters. The lowest BCUT2D eigenvalue weighted by atomic mass is 10.1. The highest BCUT2D eigenvalue weighted by Gasteiger charge is 2.30. The number of carbonyl (C=O) groups is 1. The van der Waals surface area contributed by atoms with Crippen molar-refractivity contribution in [1.29, 1.82) is 0 Å². The molecule has 7 heteroatoms. The molecule has 0 bridgehead atoms. The van der Waals surface area contributed by atoms with Crippen molar-refractivity contribution >= 4 is 6.09 Å². The Bertz CT molecular complexity index is 478. The summed E-state index contributed by atoms with van der Waals surface area (Å²) in [5.41, 5.74) is -1.06. The number of hydrogen-bond donors (Lipinski definition) is 1. The summed E-state index contributed by atoms with van der Waals surface area (Å²) < 4.78 is 47.5. The molecule has 1 aromatic carbocycles. The summed E-state index contributed by atoms with van der Waals surface area (Å²) in [7, 11) is 1.33. The highest BCUT2D eigenvalue weighted by atomic mass is 19.4. The van der Waals surface area contributed by atoms with Crippen molar-refractivity contribution in [2.24, 2.45) is 0 Å². The standard InChI is InChI=1S/C14H18F3NO3/c1-13(2,3)21-12(19)18-11(20-4)9-5-7-10(8-6-9)14(15,16)17/h5-8,11H,1-4H3,(H,18,19). The molecule has 118 valence electrons. The summed E-state index contributed by atoms with van der Waals surface area (Å²) in [6.45, 7) is 5.10. The van der Waals surface area contributed by atoms with E-state index in [4.69, 9.17) is 9.47 Å². The van der Waals surface area contributed by atoms with Crippen LogP contribution in [0, 0.1) is 0 Å². The van der Waals surface area contributed by atoms with Crippen molar-refractivity contribution in [3.05, 3.63) is 35.4 Å². The molecule has 0 fully saturated rings. The maximum absolute atomic E-state index is 12.5. The van der Waals surface area contributed by atoms with Crippen LogP contribution in [-0.2, 0) is 15.7 Å². The average Bonchev–Trinajstić information content (AvgIpc) is 2.33. The zero-order valence-electron chi connectivity index (χ0n) is 12.2. The van der Waals surface area contributed by atoms with E-state index in [1.165, 1.54) is 19.2 Å². The third kappa shape index (κ3) is 5.63. The quantitative estimate of drug-likeness (QED) is 0.862. The second kappa shape index (κ2) is 6.34. The highest BCUT2D eigenvalue weighted by molar-refractivity contribution is 5.68. The van der Waals surface area contributed by atoms with Crippen LogP contribution in [-0.4, -0.2) is 18.8 Å². The van der Waals surface area contributed by atoms with Crippen molar-refractivity contribution in [3.8, 4) is 0 Å². The van der Waals surface area contributed by atoms with Gasteiger partial charge in [0.25, 0.3) is 0 Å². The molecule has 1 aromatic rings. The van der Waals surface area contributed by atoms with Gasteiger partial charge >= 0.3 is 12.3 Å². The van der Waals surface area contributed by atoms with Crippen LogP contribution in [0.15, 0.2) is 24.3 Å². The number of halogens is 3. The zero-order chi connectivity index (χ0) is 16.3. The van der Waals surface area contributed by atoms with Crippen LogP contribution in [0.1, 0.15) is 38.1 Å². The summed E-state index contributed by atoms with van der Waals surface area (Å²) in [4.78, 5) is 11.6. The highest BCUT2D eigenvalue weighted by Crippen LogP contribution is 2.30. The Morgan fingerprint density at radius 1 is 1.14 bits per heavy atom. The first kappa shape index (κ1) is 17.3. The molecule has 0 saturated heterocycles. The smallest absolute Gasteiger partial charge is 0.416 e. The summed E-state index contributed by atoms with van der Waals surface area (Å²) in [6.07, 6.45) is -6.00. The van der Waals surface area contributed by atoms with Gasteiger partial charge in [-0.15, -0.1) is 0 Å². The van der Waals surface area contributed by atoms with Crippen molar-refractivity contribution in [2.75, 3.05) is 7.11 Å². The van der Waals surface area contributed by atoms with Gasteiger partial charge in [0, 0.05) is 12.7 Å². The van der Waals surface area contributed by atoms with Gasteiger partial charge in [-0.05, 0) is 32.9 Å². The van der Waals surface area contributed by atoms with E-state index in [9.17, 15) is 18.0 Å². The predicted octanol–water partition coefficient (Wildman–Crippen LogP) is 3.88. The van der Waals surface area contributed by atoms with Crippen molar-refractivity contribution in [3.63, 3.8) is 0 Å². The molecular weight excluding hydrogens is 287 g/mol. The summed E-state index contributed by atoms with van der Waals surface area (Å²) in [5.74, 6) is 0. The van der Waals surface area contributed by atoms with Crippen molar-refractivity contribution in [2.45, 2.75) is 38.8 Å². The van der Waals surface area contributed by atoms with Crippen molar-refractivity contribution < 1.29 is 27.4 Å². The normalized spacial score (nSPS) is 13.7. The van der Waals surface area contributed by atoms with Crippen LogP contribution in [0.5, 0.6) is 0 Å². The summed E-state index contributed by atoms with van der Waals surface area (Å²) >= 11 is 0. The first-order valence-electron chi connectivity index (χ1n) is 6.22. The molecule has 0 aromatic heterocycles. The van der Waals surface area contributed by atoms with Gasteiger partial charge in [-0.1, -0.05) is 12.1 Å². The fourth-order valence-corrected chi connectivity index (χ4v) is 1.54. The molecule has 1 amide bonds. The van der Waals surface area contributed by atoms with Gasteiger partial charge < -0.3 is 9.47 Å². The van der Waals surface area contributed by atoms with Crippen LogP contribution in [0.25, 0.3) is 0 Å². The monoisotopic (exact) mass is 305 g/mol. The minimum Gasteiger partial charge on any atom is -0.444 e. The topological polar surface area (TPSA) is 47.6 Å². The maximum Gasteiger partial charge on any atom is 0.416 e. The number of alkyl carbamates (subject to hydrolysis) is 1. The van der Waals surface area contributed by atoms with Gasteiger partial charge in [0.2, 0.25) is 0 Å². The van der Waals surface area contributed by atoms with E-state index >= 15 is 0 Å². The molecule has 0 radical (unpaired) electrons. The largest absolute Gasteiger partial charge is 0.444 e. The second-order valence-electron chi connectivity index (χ2n) is 5.38. The number of ether oxygens (including phenoxy) is 2. The Kier molecular flexibility index (Phi) is 5.22. The van der Waals surface area contributed by atoms with Gasteiger partial charge in [0.15, 0.2) is 6.23 Å². The van der Waals surface area contributed by atoms with Gasteiger partial charge in [-0.2, -0.15) is 13.2 Å². The number of nitrogens with one attached hydrogen (secondary N) is 1. The number of benzene rings is 1. The molecule has 0 saturated carbocycles. The third-order valence-corrected chi connectivity index (χ3v) is 2.42. The molecule has 0 spiro atoms. The molecule has 1 unspecified atom stereocenters. The number of methoxy groups -OCH3 is 1. The molecule has 1 rings (SSSR count). The average molecular weight is 305 g/mol.